The van der Waals surface area contributed by atoms with E-state index in [0.717, 1.165) is 16.7 Å². The molecule has 0 radical (unpaired) electrons. The summed E-state index contributed by atoms with van der Waals surface area (Å²) in [5.41, 5.74) is 4.23. The van der Waals surface area contributed by atoms with Gasteiger partial charge in [0.05, 0.1) is 13.2 Å². The number of aryl methyl sites for hydroxylation is 1. The fourth-order valence-corrected chi connectivity index (χ4v) is 2.79. The summed E-state index contributed by atoms with van der Waals surface area (Å²) in [6.45, 7) is 2.83. The van der Waals surface area contributed by atoms with Crippen molar-refractivity contribution in [3.63, 3.8) is 0 Å². The van der Waals surface area contributed by atoms with E-state index in [0.29, 0.717) is 24.5 Å². The summed E-state index contributed by atoms with van der Waals surface area (Å²) < 4.78 is 5.71. The van der Waals surface area contributed by atoms with E-state index in [1.807, 2.05) is 54.6 Å². The third kappa shape index (κ3) is 5.30. The van der Waals surface area contributed by atoms with E-state index in [-0.39, 0.29) is 11.4 Å². The second-order valence-electron chi connectivity index (χ2n) is 6.58. The minimum absolute atomic E-state index is 0.279. The first-order chi connectivity index (χ1) is 13.5. The summed E-state index contributed by atoms with van der Waals surface area (Å²) in [5.74, 6) is -0.298. The number of hydrogen-bond donors (Lipinski definition) is 3. The van der Waals surface area contributed by atoms with Crippen LogP contribution in [0.3, 0.4) is 0 Å². The molecule has 0 heterocycles. The van der Waals surface area contributed by atoms with Crippen molar-refractivity contribution in [1.29, 1.82) is 0 Å². The number of hydrogen-bond acceptors (Lipinski definition) is 4. The van der Waals surface area contributed by atoms with Crippen LogP contribution in [-0.2, 0) is 18.0 Å². The highest BCUT2D eigenvalue weighted by Gasteiger charge is 2.16. The molecule has 0 fully saturated rings. The van der Waals surface area contributed by atoms with E-state index in [1.165, 1.54) is 6.07 Å². The van der Waals surface area contributed by atoms with Crippen LogP contribution in [0.15, 0.2) is 72.8 Å². The van der Waals surface area contributed by atoms with Gasteiger partial charge in [-0.3, -0.25) is 4.79 Å². The summed E-state index contributed by atoms with van der Waals surface area (Å²) in [6.07, 6.45) is 0. The number of carbonyl (C=O) groups is 1. The number of rotatable bonds is 7. The van der Waals surface area contributed by atoms with E-state index < -0.39 is 7.12 Å². The molecule has 0 atom stereocenters. The highest BCUT2D eigenvalue weighted by Crippen LogP contribution is 2.14. The summed E-state index contributed by atoms with van der Waals surface area (Å²) in [6, 6.07) is 22.2. The minimum Gasteiger partial charge on any atom is -0.423 e. The van der Waals surface area contributed by atoms with E-state index in [9.17, 15) is 14.8 Å². The SMILES string of the molecule is Cc1ccc(B(O)O)cc1C(=O)Nc1ccc(COCc2ccccc2)cc1. The zero-order valence-corrected chi connectivity index (χ0v) is 15.6. The van der Waals surface area contributed by atoms with Gasteiger partial charge in [0.25, 0.3) is 5.91 Å². The van der Waals surface area contributed by atoms with Crippen LogP contribution < -0.4 is 10.8 Å². The lowest BCUT2D eigenvalue weighted by molar-refractivity contribution is 0.102. The Morgan fingerprint density at radius 2 is 1.57 bits per heavy atom. The maximum Gasteiger partial charge on any atom is 0.488 e. The van der Waals surface area contributed by atoms with Gasteiger partial charge in [0.15, 0.2) is 0 Å². The second kappa shape index (κ2) is 9.33. The van der Waals surface area contributed by atoms with Crippen molar-refractivity contribution in [2.24, 2.45) is 0 Å². The third-order valence-corrected chi connectivity index (χ3v) is 4.40. The molecule has 0 aromatic heterocycles. The van der Waals surface area contributed by atoms with Crippen LogP contribution in [0, 0.1) is 6.92 Å². The highest BCUT2D eigenvalue weighted by molar-refractivity contribution is 6.58. The van der Waals surface area contributed by atoms with Gasteiger partial charge in [0, 0.05) is 11.3 Å². The van der Waals surface area contributed by atoms with Gasteiger partial charge < -0.3 is 20.1 Å². The van der Waals surface area contributed by atoms with Crippen LogP contribution in [0.2, 0.25) is 0 Å². The zero-order chi connectivity index (χ0) is 19.9. The predicted molar refractivity (Wildman–Crippen MR) is 110 cm³/mol. The Balaban J connectivity index is 1.58. The molecular weight excluding hydrogens is 353 g/mol. The molecule has 0 aliphatic carbocycles. The fraction of sp³-hybridized carbons (Fsp3) is 0.136. The Morgan fingerprint density at radius 3 is 2.21 bits per heavy atom. The Labute approximate surface area is 164 Å². The third-order valence-electron chi connectivity index (χ3n) is 4.40. The van der Waals surface area contributed by atoms with Gasteiger partial charge in [0.1, 0.15) is 0 Å². The summed E-state index contributed by atoms with van der Waals surface area (Å²) in [5, 5.41) is 21.4. The zero-order valence-electron chi connectivity index (χ0n) is 15.6. The normalized spacial score (nSPS) is 10.5. The summed E-state index contributed by atoms with van der Waals surface area (Å²) >= 11 is 0. The Bertz CT molecular complexity index is 927. The fourth-order valence-electron chi connectivity index (χ4n) is 2.79. The van der Waals surface area contributed by atoms with Crippen LogP contribution in [-0.4, -0.2) is 23.1 Å². The van der Waals surface area contributed by atoms with E-state index in [1.54, 1.807) is 19.1 Å². The van der Waals surface area contributed by atoms with Gasteiger partial charge in [-0.25, -0.2) is 0 Å². The van der Waals surface area contributed by atoms with Gasteiger partial charge in [-0.2, -0.15) is 0 Å². The standard InChI is InChI=1S/C22H22BNO4/c1-16-7-10-19(23(26)27)13-21(16)22(25)24-20-11-8-18(9-12-20)15-28-14-17-5-3-2-4-6-17/h2-13,26-27H,14-15H2,1H3,(H,24,25). The van der Waals surface area contributed by atoms with Crippen LogP contribution in [0.25, 0.3) is 0 Å². The second-order valence-corrected chi connectivity index (χ2v) is 6.58. The molecular formula is C22H22BNO4. The molecule has 1 amide bonds. The van der Waals surface area contributed by atoms with Crippen molar-refractivity contribution >= 4 is 24.2 Å². The molecule has 0 aliphatic heterocycles. The lowest BCUT2D eigenvalue weighted by atomic mass is 9.79. The molecule has 0 saturated carbocycles. The van der Waals surface area contributed by atoms with Crippen molar-refractivity contribution in [3.8, 4) is 0 Å². The molecule has 5 nitrogen and oxygen atoms in total. The molecule has 0 saturated heterocycles. The predicted octanol–water partition coefficient (Wildman–Crippen LogP) is 2.64. The van der Waals surface area contributed by atoms with Gasteiger partial charge >= 0.3 is 7.12 Å². The molecule has 142 valence electrons. The first-order valence-electron chi connectivity index (χ1n) is 9.01. The number of ether oxygens (including phenoxy) is 1. The minimum atomic E-state index is -1.61. The van der Waals surface area contributed by atoms with Gasteiger partial charge in [-0.05, 0) is 47.3 Å². The van der Waals surface area contributed by atoms with E-state index in [4.69, 9.17) is 4.74 Å². The molecule has 0 bridgehead atoms. The van der Waals surface area contributed by atoms with Gasteiger partial charge in [-0.15, -0.1) is 0 Å². The molecule has 0 unspecified atom stereocenters. The average molecular weight is 375 g/mol. The Kier molecular flexibility index (Phi) is 6.60. The first-order valence-corrected chi connectivity index (χ1v) is 9.01. The van der Waals surface area contributed by atoms with Crippen LogP contribution in [0.1, 0.15) is 27.0 Å². The van der Waals surface area contributed by atoms with Crippen molar-refractivity contribution in [3.05, 3.63) is 95.1 Å². The van der Waals surface area contributed by atoms with Gasteiger partial charge in [0.2, 0.25) is 0 Å². The number of nitrogens with one attached hydrogen (secondary N) is 1. The largest absolute Gasteiger partial charge is 0.488 e. The molecule has 0 spiro atoms. The van der Waals surface area contributed by atoms with E-state index in [2.05, 4.69) is 5.32 Å². The smallest absolute Gasteiger partial charge is 0.423 e. The van der Waals surface area contributed by atoms with Crippen molar-refractivity contribution < 1.29 is 19.6 Å². The number of anilines is 1. The Morgan fingerprint density at radius 1 is 0.929 bits per heavy atom. The summed E-state index contributed by atoms with van der Waals surface area (Å²) in [7, 11) is -1.61. The van der Waals surface area contributed by atoms with Crippen LogP contribution in [0.4, 0.5) is 5.69 Å². The summed E-state index contributed by atoms with van der Waals surface area (Å²) in [4.78, 5) is 12.5. The van der Waals surface area contributed by atoms with Crippen LogP contribution >= 0.6 is 0 Å². The molecule has 3 rings (SSSR count). The van der Waals surface area contributed by atoms with Crippen molar-refractivity contribution in [2.75, 3.05) is 5.32 Å². The lowest BCUT2D eigenvalue weighted by Crippen LogP contribution is -2.31. The molecule has 3 N–H and O–H groups in total. The Hall–Kier alpha value is -2.93. The molecule has 0 aliphatic rings. The topological polar surface area (TPSA) is 78.8 Å². The van der Waals surface area contributed by atoms with Crippen LogP contribution in [0.5, 0.6) is 0 Å². The first kappa shape index (κ1) is 19.8. The van der Waals surface area contributed by atoms with Crippen molar-refractivity contribution in [1.82, 2.24) is 0 Å². The average Bonchev–Trinajstić information content (AvgIpc) is 2.70. The molecule has 3 aromatic carbocycles. The maximum absolute atomic E-state index is 12.5. The molecule has 6 heteroatoms. The number of amides is 1. The molecule has 3 aromatic rings. The monoisotopic (exact) mass is 375 g/mol. The maximum atomic E-state index is 12.5. The van der Waals surface area contributed by atoms with E-state index >= 15 is 0 Å². The molecule has 28 heavy (non-hydrogen) atoms. The van der Waals surface area contributed by atoms with Crippen molar-refractivity contribution in [2.45, 2.75) is 20.1 Å². The number of benzene rings is 3. The van der Waals surface area contributed by atoms with Gasteiger partial charge in [-0.1, -0.05) is 54.6 Å². The lowest BCUT2D eigenvalue weighted by Gasteiger charge is -2.10. The quantitative estimate of drug-likeness (QED) is 0.555. The highest BCUT2D eigenvalue weighted by atomic mass is 16.5. The number of carbonyl (C=O) groups excluding carboxylic acids is 1.